The molecule has 2 N–H and O–H groups in total. The molecule has 1 aromatic heterocycles. The Labute approximate surface area is 65.1 Å². The van der Waals surface area contributed by atoms with E-state index < -0.39 is 0 Å². The van der Waals surface area contributed by atoms with E-state index in [1.807, 2.05) is 12.3 Å². The van der Waals surface area contributed by atoms with Gasteiger partial charge >= 0.3 is 0 Å². The molecule has 0 aliphatic heterocycles. The molecule has 56 valence electrons. The van der Waals surface area contributed by atoms with Gasteiger partial charge in [-0.15, -0.1) is 11.3 Å². The third-order valence-corrected chi connectivity index (χ3v) is 2.35. The van der Waals surface area contributed by atoms with Crippen molar-refractivity contribution in [1.29, 1.82) is 0 Å². The van der Waals surface area contributed by atoms with Gasteiger partial charge < -0.3 is 5.73 Å². The van der Waals surface area contributed by atoms with Gasteiger partial charge in [0.05, 0.1) is 10.7 Å². The summed E-state index contributed by atoms with van der Waals surface area (Å²) in [5, 5.41) is 3.20. The van der Waals surface area contributed by atoms with Crippen molar-refractivity contribution in [3.63, 3.8) is 0 Å². The molecule has 0 radical (unpaired) electrons. The van der Waals surface area contributed by atoms with Crippen LogP contribution in [-0.4, -0.2) is 4.98 Å². The highest BCUT2D eigenvalue weighted by Gasteiger charge is 2.02. The van der Waals surface area contributed by atoms with E-state index >= 15 is 0 Å². The Morgan fingerprint density at radius 1 is 1.80 bits per heavy atom. The molecule has 0 aromatic carbocycles. The molecule has 2 nitrogen and oxygen atoms in total. The second-order valence-corrected chi connectivity index (χ2v) is 3.25. The van der Waals surface area contributed by atoms with Crippen molar-refractivity contribution in [2.24, 2.45) is 5.73 Å². The summed E-state index contributed by atoms with van der Waals surface area (Å²) < 4.78 is 0. The third-order valence-electron chi connectivity index (χ3n) is 1.34. The molecule has 10 heavy (non-hydrogen) atoms. The van der Waals surface area contributed by atoms with Crippen LogP contribution in [0.1, 0.15) is 30.6 Å². The fourth-order valence-corrected chi connectivity index (χ4v) is 1.55. The predicted molar refractivity (Wildman–Crippen MR) is 44.1 cm³/mol. The third kappa shape index (κ3) is 1.55. The van der Waals surface area contributed by atoms with Gasteiger partial charge in [0.2, 0.25) is 0 Å². The molecule has 0 fully saturated rings. The largest absolute Gasteiger partial charge is 0.323 e. The first-order valence-corrected chi connectivity index (χ1v) is 4.32. The molecular formula is C7H12N2S. The fraction of sp³-hybridized carbons (Fsp3) is 0.571. The minimum absolute atomic E-state index is 0.0801. The summed E-state index contributed by atoms with van der Waals surface area (Å²) in [5.74, 6) is 0. The van der Waals surface area contributed by atoms with Crippen LogP contribution in [0.2, 0.25) is 0 Å². The molecule has 0 saturated heterocycles. The number of thiazole rings is 1. The van der Waals surface area contributed by atoms with Crippen LogP contribution in [0.25, 0.3) is 0 Å². The lowest BCUT2D eigenvalue weighted by Gasteiger charge is -1.96. The van der Waals surface area contributed by atoms with Crippen molar-refractivity contribution in [1.82, 2.24) is 4.98 Å². The SMILES string of the molecule is CCc1nc(C(C)N)cs1. The van der Waals surface area contributed by atoms with Crippen LogP contribution in [0, 0.1) is 0 Å². The molecule has 0 spiro atoms. The quantitative estimate of drug-likeness (QED) is 0.708. The van der Waals surface area contributed by atoms with Crippen LogP contribution in [0.4, 0.5) is 0 Å². The Kier molecular flexibility index (Phi) is 2.40. The van der Waals surface area contributed by atoms with Crippen LogP contribution in [-0.2, 0) is 6.42 Å². The fourth-order valence-electron chi connectivity index (χ4n) is 0.697. The van der Waals surface area contributed by atoms with Gasteiger partial charge in [0.25, 0.3) is 0 Å². The highest BCUT2D eigenvalue weighted by molar-refractivity contribution is 7.09. The van der Waals surface area contributed by atoms with Crippen molar-refractivity contribution in [3.05, 3.63) is 16.1 Å². The second-order valence-electron chi connectivity index (χ2n) is 2.31. The zero-order valence-corrected chi connectivity index (χ0v) is 7.11. The average molecular weight is 156 g/mol. The molecule has 0 aliphatic carbocycles. The lowest BCUT2D eigenvalue weighted by atomic mass is 10.3. The van der Waals surface area contributed by atoms with Gasteiger partial charge in [0, 0.05) is 11.4 Å². The van der Waals surface area contributed by atoms with E-state index in [0.29, 0.717) is 0 Å². The number of aromatic nitrogens is 1. The number of hydrogen-bond donors (Lipinski definition) is 1. The average Bonchev–Trinajstić information content (AvgIpc) is 2.34. The highest BCUT2D eigenvalue weighted by atomic mass is 32.1. The van der Waals surface area contributed by atoms with E-state index in [0.717, 1.165) is 12.1 Å². The van der Waals surface area contributed by atoms with E-state index in [-0.39, 0.29) is 6.04 Å². The molecule has 0 saturated carbocycles. The summed E-state index contributed by atoms with van der Waals surface area (Å²) in [7, 11) is 0. The Balaban J connectivity index is 2.78. The van der Waals surface area contributed by atoms with Gasteiger partial charge in [-0.2, -0.15) is 0 Å². The standard InChI is InChI=1S/C7H12N2S/c1-3-7-9-6(4-10-7)5(2)8/h4-5H,3,8H2,1-2H3. The summed E-state index contributed by atoms with van der Waals surface area (Å²) in [6.45, 7) is 4.05. The molecule has 1 unspecified atom stereocenters. The van der Waals surface area contributed by atoms with Crippen LogP contribution in [0.3, 0.4) is 0 Å². The number of aryl methyl sites for hydroxylation is 1. The summed E-state index contributed by atoms with van der Waals surface area (Å²) >= 11 is 1.69. The lowest BCUT2D eigenvalue weighted by molar-refractivity contribution is 0.782. The normalized spacial score (nSPS) is 13.5. The van der Waals surface area contributed by atoms with Crippen LogP contribution in [0.15, 0.2) is 5.38 Å². The molecule has 1 aromatic rings. The summed E-state index contributed by atoms with van der Waals surface area (Å²) in [4.78, 5) is 4.32. The summed E-state index contributed by atoms with van der Waals surface area (Å²) in [6, 6.07) is 0.0801. The Morgan fingerprint density at radius 3 is 2.80 bits per heavy atom. The number of nitrogens with two attached hydrogens (primary N) is 1. The summed E-state index contributed by atoms with van der Waals surface area (Å²) in [6.07, 6.45) is 1.01. The Morgan fingerprint density at radius 2 is 2.50 bits per heavy atom. The first-order chi connectivity index (χ1) is 4.74. The van der Waals surface area contributed by atoms with Gasteiger partial charge in [0.15, 0.2) is 0 Å². The topological polar surface area (TPSA) is 38.9 Å². The molecule has 0 aliphatic rings. The Hall–Kier alpha value is -0.410. The first kappa shape index (κ1) is 7.69. The smallest absolute Gasteiger partial charge is 0.0926 e. The van der Waals surface area contributed by atoms with Crippen LogP contribution < -0.4 is 5.73 Å². The first-order valence-electron chi connectivity index (χ1n) is 3.44. The molecule has 1 atom stereocenters. The number of hydrogen-bond acceptors (Lipinski definition) is 3. The molecule has 1 rings (SSSR count). The maximum atomic E-state index is 5.63. The zero-order chi connectivity index (χ0) is 7.56. The number of rotatable bonds is 2. The van der Waals surface area contributed by atoms with Crippen molar-refractivity contribution in [2.75, 3.05) is 0 Å². The summed E-state index contributed by atoms with van der Waals surface area (Å²) in [5.41, 5.74) is 6.64. The maximum absolute atomic E-state index is 5.63. The van der Waals surface area contributed by atoms with Gasteiger partial charge in [-0.3, -0.25) is 0 Å². The Bertz CT molecular complexity index is 205. The lowest BCUT2D eigenvalue weighted by Crippen LogP contribution is -2.04. The molecular weight excluding hydrogens is 144 g/mol. The molecule has 1 heterocycles. The van der Waals surface area contributed by atoms with E-state index in [4.69, 9.17) is 5.73 Å². The highest BCUT2D eigenvalue weighted by Crippen LogP contribution is 2.14. The van der Waals surface area contributed by atoms with E-state index in [1.165, 1.54) is 5.01 Å². The van der Waals surface area contributed by atoms with Crippen molar-refractivity contribution in [2.45, 2.75) is 26.3 Å². The van der Waals surface area contributed by atoms with E-state index in [9.17, 15) is 0 Å². The van der Waals surface area contributed by atoms with E-state index in [2.05, 4.69) is 11.9 Å². The maximum Gasteiger partial charge on any atom is 0.0926 e. The molecule has 0 bridgehead atoms. The van der Waals surface area contributed by atoms with Crippen LogP contribution >= 0.6 is 11.3 Å². The monoisotopic (exact) mass is 156 g/mol. The second kappa shape index (κ2) is 3.12. The van der Waals surface area contributed by atoms with Gasteiger partial charge in [0.1, 0.15) is 0 Å². The zero-order valence-electron chi connectivity index (χ0n) is 6.29. The minimum atomic E-state index is 0.0801. The number of nitrogens with zero attached hydrogens (tertiary/aromatic N) is 1. The van der Waals surface area contributed by atoms with Crippen LogP contribution in [0.5, 0.6) is 0 Å². The molecule has 3 heteroatoms. The van der Waals surface area contributed by atoms with Crippen molar-refractivity contribution in [3.8, 4) is 0 Å². The van der Waals surface area contributed by atoms with Gasteiger partial charge in [-0.05, 0) is 13.3 Å². The van der Waals surface area contributed by atoms with Gasteiger partial charge in [-0.1, -0.05) is 6.92 Å². The molecule has 0 amide bonds. The van der Waals surface area contributed by atoms with Crippen molar-refractivity contribution >= 4 is 11.3 Å². The van der Waals surface area contributed by atoms with Crippen molar-refractivity contribution < 1.29 is 0 Å². The van der Waals surface area contributed by atoms with Gasteiger partial charge in [-0.25, -0.2) is 4.98 Å². The predicted octanol–water partition coefficient (Wildman–Crippen LogP) is 1.73. The van der Waals surface area contributed by atoms with E-state index in [1.54, 1.807) is 11.3 Å². The minimum Gasteiger partial charge on any atom is -0.323 e.